The summed E-state index contributed by atoms with van der Waals surface area (Å²) in [5.74, 6) is 0.449. The first-order valence-corrected chi connectivity index (χ1v) is 7.69. The summed E-state index contributed by atoms with van der Waals surface area (Å²) in [5, 5.41) is 3.59. The predicted octanol–water partition coefficient (Wildman–Crippen LogP) is 2.10. The van der Waals surface area contributed by atoms with Gasteiger partial charge < -0.3 is 9.64 Å². The van der Waals surface area contributed by atoms with Gasteiger partial charge in [-0.2, -0.15) is 0 Å². The fourth-order valence-electron chi connectivity index (χ4n) is 2.61. The summed E-state index contributed by atoms with van der Waals surface area (Å²) >= 11 is 0. The molecule has 0 radical (unpaired) electrons. The van der Waals surface area contributed by atoms with Crippen LogP contribution in [0.1, 0.15) is 25.7 Å². The molecule has 0 saturated carbocycles. The largest absolute Gasteiger partial charge is 0.492 e. The van der Waals surface area contributed by atoms with Gasteiger partial charge in [-0.05, 0) is 44.5 Å². The highest BCUT2D eigenvalue weighted by Crippen LogP contribution is 2.15. The van der Waals surface area contributed by atoms with Gasteiger partial charge in [0.05, 0.1) is 12.8 Å². The number of ether oxygens (including phenoxy) is 1. The van der Waals surface area contributed by atoms with Gasteiger partial charge in [-0.25, -0.2) is 9.78 Å². The molecule has 126 valence electrons. The monoisotopic (exact) mass is 340 g/mol. The van der Waals surface area contributed by atoms with E-state index < -0.39 is 5.76 Å². The zero-order valence-corrected chi connectivity index (χ0v) is 13.7. The molecule has 0 aliphatic carbocycles. The van der Waals surface area contributed by atoms with E-state index >= 15 is 0 Å². The average Bonchev–Trinajstić information content (AvgIpc) is 3.00. The van der Waals surface area contributed by atoms with Gasteiger partial charge in [-0.15, -0.1) is 12.4 Å². The van der Waals surface area contributed by atoms with Gasteiger partial charge >= 0.3 is 5.76 Å². The third-order valence-electron chi connectivity index (χ3n) is 3.76. The highest BCUT2D eigenvalue weighted by Gasteiger charge is 2.09. The summed E-state index contributed by atoms with van der Waals surface area (Å²) in [6.07, 6.45) is 6.64. The van der Waals surface area contributed by atoms with E-state index in [1.54, 1.807) is 12.3 Å². The van der Waals surface area contributed by atoms with E-state index in [1.807, 2.05) is 6.07 Å². The molecule has 0 unspecified atom stereocenters. The molecule has 0 amide bonds. The average molecular weight is 341 g/mol. The number of hydrogen-bond donors (Lipinski definition) is 1. The highest BCUT2D eigenvalue weighted by molar-refractivity contribution is 5.85. The molecule has 1 aliphatic heterocycles. The first-order chi connectivity index (χ1) is 10.8. The van der Waals surface area contributed by atoms with Crippen molar-refractivity contribution in [3.63, 3.8) is 0 Å². The Morgan fingerprint density at radius 1 is 1.26 bits per heavy atom. The second-order valence-corrected chi connectivity index (χ2v) is 5.43. The first-order valence-electron chi connectivity index (χ1n) is 7.69. The molecule has 8 heteroatoms. The van der Waals surface area contributed by atoms with E-state index in [-0.39, 0.29) is 12.4 Å². The number of likely N-dealkylation sites (tertiary alicyclic amines) is 1. The fourth-order valence-corrected chi connectivity index (χ4v) is 2.61. The van der Waals surface area contributed by atoms with Gasteiger partial charge in [0.2, 0.25) is 5.82 Å². The summed E-state index contributed by atoms with van der Waals surface area (Å²) in [5.41, 5.74) is 0.548. The molecule has 0 aromatic carbocycles. The van der Waals surface area contributed by atoms with Gasteiger partial charge in [0, 0.05) is 6.54 Å². The number of aromatic amines is 1. The van der Waals surface area contributed by atoms with Gasteiger partial charge in [-0.3, -0.25) is 9.51 Å². The van der Waals surface area contributed by atoms with Crippen LogP contribution < -0.4 is 10.5 Å². The minimum Gasteiger partial charge on any atom is -0.492 e. The van der Waals surface area contributed by atoms with E-state index in [2.05, 4.69) is 24.5 Å². The molecule has 1 N–H and O–H groups in total. The fraction of sp³-hybridized carbons (Fsp3) is 0.533. The third kappa shape index (κ3) is 5.07. The van der Waals surface area contributed by atoms with Crippen LogP contribution in [0.2, 0.25) is 0 Å². The van der Waals surface area contributed by atoms with Crippen molar-refractivity contribution in [3.8, 4) is 17.3 Å². The molecule has 1 aliphatic rings. The lowest BCUT2D eigenvalue weighted by Crippen LogP contribution is -2.31. The molecule has 0 spiro atoms. The van der Waals surface area contributed by atoms with Gasteiger partial charge in [-0.1, -0.05) is 11.6 Å². The summed E-state index contributed by atoms with van der Waals surface area (Å²) in [6.45, 7) is 4.20. The zero-order valence-electron chi connectivity index (χ0n) is 12.9. The molecule has 0 atom stereocenters. The summed E-state index contributed by atoms with van der Waals surface area (Å²) in [7, 11) is 0. The highest BCUT2D eigenvalue weighted by atomic mass is 35.5. The lowest BCUT2D eigenvalue weighted by molar-refractivity contribution is 0.205. The number of nitrogens with zero attached hydrogens (tertiary/aromatic N) is 3. The minimum atomic E-state index is -0.588. The van der Waals surface area contributed by atoms with Gasteiger partial charge in [0.25, 0.3) is 0 Å². The molecule has 3 heterocycles. The molecule has 1 fully saturated rings. The molecule has 7 nitrogen and oxygen atoms in total. The van der Waals surface area contributed by atoms with Crippen LogP contribution in [0.5, 0.6) is 5.75 Å². The Balaban J connectivity index is 0.00000192. The Morgan fingerprint density at radius 3 is 2.74 bits per heavy atom. The predicted molar refractivity (Wildman–Crippen MR) is 88.0 cm³/mol. The lowest BCUT2D eigenvalue weighted by atomic mass is 10.1. The second-order valence-electron chi connectivity index (χ2n) is 5.43. The zero-order chi connectivity index (χ0) is 15.2. The maximum Gasteiger partial charge on any atom is 0.439 e. The molecular weight excluding hydrogens is 320 g/mol. The summed E-state index contributed by atoms with van der Waals surface area (Å²) in [6, 6.07) is 3.56. The maximum atomic E-state index is 10.9. The standard InChI is InChI=1S/C15H20N4O3.ClH/c20-15-17-14(18-22-15)13-6-5-12(11-16-13)21-10-4-9-19-7-2-1-3-8-19;/h5-6,11H,1-4,7-10H2,(H,17,18,20);1H. The van der Waals surface area contributed by atoms with Crippen LogP contribution in [-0.4, -0.2) is 46.3 Å². The van der Waals surface area contributed by atoms with Crippen LogP contribution in [0, 0.1) is 0 Å². The van der Waals surface area contributed by atoms with Crippen LogP contribution >= 0.6 is 12.4 Å². The van der Waals surface area contributed by atoms with Crippen molar-refractivity contribution in [2.45, 2.75) is 25.7 Å². The number of hydrogen-bond acceptors (Lipinski definition) is 6. The summed E-state index contributed by atoms with van der Waals surface area (Å²) in [4.78, 5) is 20.1. The van der Waals surface area contributed by atoms with Crippen molar-refractivity contribution < 1.29 is 9.26 Å². The van der Waals surface area contributed by atoms with E-state index in [1.165, 1.54) is 32.4 Å². The lowest BCUT2D eigenvalue weighted by Gasteiger charge is -2.26. The van der Waals surface area contributed by atoms with Crippen LogP contribution in [0.3, 0.4) is 0 Å². The smallest absolute Gasteiger partial charge is 0.439 e. The van der Waals surface area contributed by atoms with E-state index in [4.69, 9.17) is 4.74 Å². The maximum absolute atomic E-state index is 10.9. The number of halogens is 1. The Hall–Kier alpha value is -1.86. The van der Waals surface area contributed by atoms with E-state index in [0.29, 0.717) is 23.9 Å². The molecule has 1 saturated heterocycles. The van der Waals surface area contributed by atoms with Crippen LogP contribution in [0.4, 0.5) is 0 Å². The van der Waals surface area contributed by atoms with Crippen molar-refractivity contribution >= 4 is 12.4 Å². The molecule has 3 rings (SSSR count). The van der Waals surface area contributed by atoms with Crippen molar-refractivity contribution in [1.29, 1.82) is 0 Å². The Kier molecular flexibility index (Phi) is 6.61. The Morgan fingerprint density at radius 2 is 2.09 bits per heavy atom. The minimum absolute atomic E-state index is 0. The number of H-pyrrole nitrogens is 1. The van der Waals surface area contributed by atoms with Crippen LogP contribution in [0.25, 0.3) is 11.5 Å². The number of aromatic nitrogens is 3. The van der Waals surface area contributed by atoms with E-state index in [0.717, 1.165) is 13.0 Å². The first kappa shape index (κ1) is 17.5. The van der Waals surface area contributed by atoms with Crippen molar-refractivity contribution in [1.82, 2.24) is 20.0 Å². The number of piperidine rings is 1. The van der Waals surface area contributed by atoms with Crippen LogP contribution in [0.15, 0.2) is 27.6 Å². The molecule has 0 bridgehead atoms. The SMILES string of the molecule is Cl.O=c1[nH]c(-c2ccc(OCCCN3CCCCC3)cn2)no1. The van der Waals surface area contributed by atoms with Gasteiger partial charge in [0.1, 0.15) is 11.4 Å². The van der Waals surface area contributed by atoms with Crippen molar-refractivity contribution in [2.75, 3.05) is 26.2 Å². The normalized spacial score (nSPS) is 15.1. The quantitative estimate of drug-likeness (QED) is 0.811. The van der Waals surface area contributed by atoms with Crippen molar-refractivity contribution in [2.24, 2.45) is 0 Å². The van der Waals surface area contributed by atoms with Crippen molar-refractivity contribution in [3.05, 3.63) is 28.9 Å². The van der Waals surface area contributed by atoms with Gasteiger partial charge in [0.15, 0.2) is 0 Å². The number of pyridine rings is 1. The summed E-state index contributed by atoms with van der Waals surface area (Å²) < 4.78 is 10.1. The Labute approximate surface area is 140 Å². The Bertz CT molecular complexity index is 635. The topological polar surface area (TPSA) is 84.3 Å². The molecule has 23 heavy (non-hydrogen) atoms. The number of nitrogens with one attached hydrogen (secondary N) is 1. The van der Waals surface area contributed by atoms with Crippen LogP contribution in [-0.2, 0) is 0 Å². The van der Waals surface area contributed by atoms with E-state index in [9.17, 15) is 4.79 Å². The molecule has 2 aromatic heterocycles. The molecular formula is C15H21ClN4O3. The number of rotatable bonds is 6. The third-order valence-corrected chi connectivity index (χ3v) is 3.76. The second kappa shape index (κ2) is 8.69. The molecule has 2 aromatic rings.